The van der Waals surface area contributed by atoms with E-state index >= 15 is 0 Å². The van der Waals surface area contributed by atoms with Crippen molar-refractivity contribution < 1.29 is 23.8 Å². The van der Waals surface area contributed by atoms with E-state index in [0.29, 0.717) is 0 Å². The molecule has 0 spiro atoms. The Bertz CT molecular complexity index is 398. The molecule has 1 aromatic carbocycles. The molecule has 0 amide bonds. The summed E-state index contributed by atoms with van der Waals surface area (Å²) >= 11 is 0. The van der Waals surface area contributed by atoms with E-state index in [1.54, 1.807) is 0 Å². The van der Waals surface area contributed by atoms with Crippen LogP contribution in [-0.2, 0) is 4.79 Å². The Balaban J connectivity index is 2.49. The lowest BCUT2D eigenvalue weighted by Crippen LogP contribution is -2.24. The van der Waals surface area contributed by atoms with E-state index in [9.17, 15) is 18.7 Å². The van der Waals surface area contributed by atoms with Crippen LogP contribution in [0.2, 0.25) is 0 Å². The average molecular weight is 245 g/mol. The second kappa shape index (κ2) is 6.27. The number of aliphatic hydroxyl groups is 1. The molecule has 0 saturated carbocycles. The van der Waals surface area contributed by atoms with E-state index in [4.69, 9.17) is 5.11 Å². The number of rotatable bonds is 6. The number of benzene rings is 1. The smallest absolute Gasteiger partial charge is 0.304 e. The molecule has 6 heteroatoms. The molecule has 0 heterocycles. The van der Waals surface area contributed by atoms with Crippen molar-refractivity contribution >= 4 is 5.97 Å². The van der Waals surface area contributed by atoms with Crippen molar-refractivity contribution in [1.82, 2.24) is 5.32 Å². The number of carboxylic acid groups (broad SMARTS) is 1. The molecule has 0 radical (unpaired) electrons. The van der Waals surface area contributed by atoms with Crippen molar-refractivity contribution in [3.63, 3.8) is 0 Å². The molecular formula is C11H13F2NO3. The maximum absolute atomic E-state index is 13.2. The number of hydrogen-bond donors (Lipinski definition) is 3. The monoisotopic (exact) mass is 245 g/mol. The highest BCUT2D eigenvalue weighted by atomic mass is 19.1. The first kappa shape index (κ1) is 13.5. The van der Waals surface area contributed by atoms with E-state index in [0.717, 1.165) is 18.2 Å². The second-order valence-electron chi connectivity index (χ2n) is 3.53. The van der Waals surface area contributed by atoms with Gasteiger partial charge in [0.05, 0.1) is 12.5 Å². The third kappa shape index (κ3) is 4.46. The summed E-state index contributed by atoms with van der Waals surface area (Å²) in [6.07, 6.45) is -1.31. The predicted molar refractivity (Wildman–Crippen MR) is 56.4 cm³/mol. The molecule has 0 fully saturated rings. The van der Waals surface area contributed by atoms with Gasteiger partial charge in [-0.2, -0.15) is 0 Å². The maximum Gasteiger partial charge on any atom is 0.304 e. The van der Waals surface area contributed by atoms with Gasteiger partial charge in [-0.1, -0.05) is 0 Å². The second-order valence-corrected chi connectivity index (χ2v) is 3.53. The van der Waals surface area contributed by atoms with Crippen LogP contribution in [0.3, 0.4) is 0 Å². The summed E-state index contributed by atoms with van der Waals surface area (Å²) in [4.78, 5) is 10.2. The van der Waals surface area contributed by atoms with Crippen molar-refractivity contribution in [2.24, 2.45) is 0 Å². The van der Waals surface area contributed by atoms with Gasteiger partial charge in [0.25, 0.3) is 0 Å². The minimum absolute atomic E-state index is 0.0341. The van der Waals surface area contributed by atoms with Crippen LogP contribution in [0.1, 0.15) is 18.1 Å². The van der Waals surface area contributed by atoms with Crippen molar-refractivity contribution in [2.45, 2.75) is 12.5 Å². The number of aliphatic carboxylic acids is 1. The fourth-order valence-corrected chi connectivity index (χ4v) is 1.31. The zero-order valence-corrected chi connectivity index (χ0v) is 8.99. The third-order valence-electron chi connectivity index (χ3n) is 2.17. The summed E-state index contributed by atoms with van der Waals surface area (Å²) in [5.74, 6) is -2.30. The molecule has 1 aromatic rings. The van der Waals surface area contributed by atoms with Gasteiger partial charge in [-0.25, -0.2) is 8.78 Å². The molecule has 0 aromatic heterocycles. The standard InChI is InChI=1S/C11H13F2NO3/c12-7-1-2-9(13)8(5-7)10(15)6-14-4-3-11(16)17/h1-2,5,10,14-15H,3-4,6H2,(H,16,17). The fraction of sp³-hybridized carbons (Fsp3) is 0.364. The number of nitrogens with one attached hydrogen (secondary N) is 1. The summed E-state index contributed by atoms with van der Waals surface area (Å²) in [5, 5.41) is 20.6. The third-order valence-corrected chi connectivity index (χ3v) is 2.17. The predicted octanol–water partition coefficient (Wildman–Crippen LogP) is 1.06. The average Bonchev–Trinajstić information content (AvgIpc) is 2.27. The van der Waals surface area contributed by atoms with Crippen LogP contribution in [0.4, 0.5) is 8.78 Å². The normalized spacial score (nSPS) is 12.4. The van der Waals surface area contributed by atoms with Crippen LogP contribution in [0.5, 0.6) is 0 Å². The number of hydrogen-bond acceptors (Lipinski definition) is 3. The summed E-state index contributed by atoms with van der Waals surface area (Å²) in [6, 6.07) is 2.81. The van der Waals surface area contributed by atoms with Gasteiger partial charge in [0.1, 0.15) is 11.6 Å². The van der Waals surface area contributed by atoms with Crippen molar-refractivity contribution in [2.75, 3.05) is 13.1 Å². The van der Waals surface area contributed by atoms with Gasteiger partial charge in [-0.3, -0.25) is 4.79 Å². The molecule has 1 unspecified atom stereocenters. The maximum atomic E-state index is 13.2. The Kier molecular flexibility index (Phi) is 4.99. The van der Waals surface area contributed by atoms with Gasteiger partial charge in [-0.15, -0.1) is 0 Å². The largest absolute Gasteiger partial charge is 0.481 e. The summed E-state index contributed by atoms with van der Waals surface area (Å²) < 4.78 is 26.0. The molecule has 0 bridgehead atoms. The summed E-state index contributed by atoms with van der Waals surface area (Å²) in [5.41, 5.74) is -0.146. The molecule has 3 N–H and O–H groups in total. The Hall–Kier alpha value is -1.53. The van der Waals surface area contributed by atoms with Crippen LogP contribution in [0.15, 0.2) is 18.2 Å². The van der Waals surface area contributed by atoms with Gasteiger partial charge >= 0.3 is 5.97 Å². The molecule has 0 aliphatic heterocycles. The molecule has 1 atom stereocenters. The van der Waals surface area contributed by atoms with Gasteiger partial charge in [0.15, 0.2) is 0 Å². The van der Waals surface area contributed by atoms with E-state index < -0.39 is 23.7 Å². The zero-order chi connectivity index (χ0) is 12.8. The summed E-state index contributed by atoms with van der Waals surface area (Å²) in [6.45, 7) is 0.122. The Morgan fingerprint density at radius 2 is 2.12 bits per heavy atom. The van der Waals surface area contributed by atoms with E-state index in [1.807, 2.05) is 0 Å². The molecule has 1 rings (SSSR count). The molecule has 0 aliphatic rings. The highest BCUT2D eigenvalue weighted by Gasteiger charge is 2.13. The fourth-order valence-electron chi connectivity index (χ4n) is 1.31. The molecular weight excluding hydrogens is 232 g/mol. The molecule has 0 saturated heterocycles. The van der Waals surface area contributed by atoms with Gasteiger partial charge in [0, 0.05) is 18.7 Å². The van der Waals surface area contributed by atoms with Gasteiger partial charge in [0.2, 0.25) is 0 Å². The minimum atomic E-state index is -1.21. The van der Waals surface area contributed by atoms with Gasteiger partial charge in [-0.05, 0) is 18.2 Å². The van der Waals surface area contributed by atoms with Crippen LogP contribution in [-0.4, -0.2) is 29.3 Å². The number of aliphatic hydroxyl groups excluding tert-OH is 1. The first-order chi connectivity index (χ1) is 8.00. The lowest BCUT2D eigenvalue weighted by Gasteiger charge is -2.12. The topological polar surface area (TPSA) is 69.6 Å². The number of carbonyl (C=O) groups is 1. The first-order valence-corrected chi connectivity index (χ1v) is 5.06. The molecule has 4 nitrogen and oxygen atoms in total. The van der Waals surface area contributed by atoms with E-state index in [2.05, 4.69) is 5.32 Å². The van der Waals surface area contributed by atoms with Crippen molar-refractivity contribution in [3.05, 3.63) is 35.4 Å². The lowest BCUT2D eigenvalue weighted by molar-refractivity contribution is -0.136. The minimum Gasteiger partial charge on any atom is -0.481 e. The molecule has 17 heavy (non-hydrogen) atoms. The molecule has 94 valence electrons. The quantitative estimate of drug-likeness (QED) is 0.655. The molecule has 0 aliphatic carbocycles. The van der Waals surface area contributed by atoms with Crippen LogP contribution in [0.25, 0.3) is 0 Å². The SMILES string of the molecule is O=C(O)CCNCC(O)c1cc(F)ccc1F. The van der Waals surface area contributed by atoms with Gasteiger partial charge < -0.3 is 15.5 Å². The Morgan fingerprint density at radius 3 is 2.76 bits per heavy atom. The van der Waals surface area contributed by atoms with Crippen LogP contribution in [0, 0.1) is 11.6 Å². The highest BCUT2D eigenvalue weighted by Crippen LogP contribution is 2.17. The van der Waals surface area contributed by atoms with E-state index in [-0.39, 0.29) is 25.1 Å². The Labute approximate surface area is 96.9 Å². The summed E-state index contributed by atoms with van der Waals surface area (Å²) in [7, 11) is 0. The van der Waals surface area contributed by atoms with Crippen molar-refractivity contribution in [1.29, 1.82) is 0 Å². The van der Waals surface area contributed by atoms with Crippen molar-refractivity contribution in [3.8, 4) is 0 Å². The number of carboxylic acids is 1. The Morgan fingerprint density at radius 1 is 1.41 bits per heavy atom. The van der Waals surface area contributed by atoms with Crippen LogP contribution < -0.4 is 5.32 Å². The first-order valence-electron chi connectivity index (χ1n) is 5.06. The number of halogens is 2. The lowest BCUT2D eigenvalue weighted by atomic mass is 10.1. The highest BCUT2D eigenvalue weighted by molar-refractivity contribution is 5.66. The zero-order valence-electron chi connectivity index (χ0n) is 8.99. The van der Waals surface area contributed by atoms with Crippen LogP contribution >= 0.6 is 0 Å². The van der Waals surface area contributed by atoms with E-state index in [1.165, 1.54) is 0 Å².